The van der Waals surface area contributed by atoms with Crippen LogP contribution in [0.4, 0.5) is 5.69 Å². The van der Waals surface area contributed by atoms with Crippen molar-refractivity contribution >= 4 is 16.7 Å². The number of aliphatic hydroxyl groups is 2. The van der Waals surface area contributed by atoms with Crippen molar-refractivity contribution in [3.05, 3.63) is 30.1 Å². The third kappa shape index (κ3) is 2.09. The number of nitrogens with zero attached hydrogens (tertiary/aromatic N) is 3. The van der Waals surface area contributed by atoms with Crippen LogP contribution in [-0.2, 0) is 0 Å². The van der Waals surface area contributed by atoms with E-state index in [1.165, 1.54) is 12.4 Å². The van der Waals surface area contributed by atoms with Gasteiger partial charge in [0.05, 0.1) is 29.6 Å². The van der Waals surface area contributed by atoms with Gasteiger partial charge in [0.15, 0.2) is 0 Å². The summed E-state index contributed by atoms with van der Waals surface area (Å²) < 4.78 is 0. The summed E-state index contributed by atoms with van der Waals surface area (Å²) in [5.41, 5.74) is 7.43. The lowest BCUT2D eigenvalue weighted by atomic mass is 9.99. The fourth-order valence-electron chi connectivity index (χ4n) is 1.78. The summed E-state index contributed by atoms with van der Waals surface area (Å²) in [4.78, 5) is 8.20. The number of nitriles is 1. The van der Waals surface area contributed by atoms with Gasteiger partial charge >= 0.3 is 0 Å². The summed E-state index contributed by atoms with van der Waals surface area (Å²) in [5, 5.41) is 28.3. The summed E-state index contributed by atoms with van der Waals surface area (Å²) in [7, 11) is 0. The van der Waals surface area contributed by atoms with E-state index >= 15 is 0 Å². The second kappa shape index (κ2) is 4.96. The highest BCUT2D eigenvalue weighted by Crippen LogP contribution is 2.30. The van der Waals surface area contributed by atoms with Crippen LogP contribution >= 0.6 is 0 Å². The minimum Gasteiger partial charge on any atom is -0.398 e. The Kier molecular flexibility index (Phi) is 3.37. The number of nitrogen functional groups attached to an aromatic ring is 1. The quantitative estimate of drug-likeness (QED) is 0.678. The Hall–Kier alpha value is -2.23. The van der Waals surface area contributed by atoms with Crippen LogP contribution in [0.3, 0.4) is 0 Å². The number of benzene rings is 1. The average Bonchev–Trinajstić information content (AvgIpc) is 2.38. The number of hydrogen-bond donors (Lipinski definition) is 3. The van der Waals surface area contributed by atoms with Gasteiger partial charge in [0.25, 0.3) is 0 Å². The molecule has 0 saturated carbocycles. The first-order chi connectivity index (χ1) is 8.65. The van der Waals surface area contributed by atoms with E-state index in [1.54, 1.807) is 18.2 Å². The fourth-order valence-corrected chi connectivity index (χ4v) is 1.78. The van der Waals surface area contributed by atoms with E-state index in [2.05, 4.69) is 9.97 Å². The van der Waals surface area contributed by atoms with Crippen molar-refractivity contribution < 1.29 is 10.2 Å². The van der Waals surface area contributed by atoms with Gasteiger partial charge < -0.3 is 15.9 Å². The summed E-state index contributed by atoms with van der Waals surface area (Å²) >= 11 is 0. The Morgan fingerprint density at radius 3 is 2.72 bits per heavy atom. The minimum atomic E-state index is -1.26. The van der Waals surface area contributed by atoms with Crippen LogP contribution in [0.25, 0.3) is 11.0 Å². The van der Waals surface area contributed by atoms with Crippen molar-refractivity contribution in [2.45, 2.75) is 18.6 Å². The van der Waals surface area contributed by atoms with E-state index in [1.807, 2.05) is 0 Å². The highest BCUT2D eigenvalue weighted by molar-refractivity contribution is 5.83. The van der Waals surface area contributed by atoms with Crippen molar-refractivity contribution in [3.8, 4) is 6.07 Å². The lowest BCUT2D eigenvalue weighted by molar-refractivity contribution is 0.0228. The maximum absolute atomic E-state index is 10.1. The number of aliphatic hydroxyl groups excluding tert-OH is 2. The van der Waals surface area contributed by atoms with E-state index in [0.717, 1.165) is 0 Å². The SMILES string of the molecule is N#CCC(O)C(O)c1c(N)ccc2nccnc12. The van der Waals surface area contributed by atoms with Crippen molar-refractivity contribution in [1.82, 2.24) is 9.97 Å². The second-order valence-electron chi connectivity index (χ2n) is 3.87. The van der Waals surface area contributed by atoms with Crippen LogP contribution in [-0.4, -0.2) is 26.3 Å². The van der Waals surface area contributed by atoms with Crippen molar-refractivity contribution in [2.75, 3.05) is 5.73 Å². The summed E-state index contributed by atoms with van der Waals surface area (Å²) in [5.74, 6) is 0. The lowest BCUT2D eigenvalue weighted by Gasteiger charge is -2.18. The second-order valence-corrected chi connectivity index (χ2v) is 3.87. The molecule has 2 unspecified atom stereocenters. The van der Waals surface area contributed by atoms with Gasteiger partial charge in [-0.2, -0.15) is 5.26 Å². The molecule has 92 valence electrons. The Balaban J connectivity index is 2.55. The molecule has 2 rings (SSSR count). The van der Waals surface area contributed by atoms with Crippen LogP contribution < -0.4 is 5.73 Å². The minimum absolute atomic E-state index is 0.183. The van der Waals surface area contributed by atoms with Gasteiger partial charge in [-0.15, -0.1) is 0 Å². The molecule has 0 fully saturated rings. The number of fused-ring (bicyclic) bond motifs is 1. The van der Waals surface area contributed by atoms with Gasteiger partial charge in [-0.1, -0.05) is 0 Å². The first kappa shape index (κ1) is 12.2. The zero-order valence-corrected chi connectivity index (χ0v) is 9.48. The molecular formula is C12H12N4O2. The molecule has 0 saturated heterocycles. The third-order valence-corrected chi connectivity index (χ3v) is 2.67. The molecule has 2 aromatic rings. The monoisotopic (exact) mass is 244 g/mol. The Bertz CT molecular complexity index is 609. The Labute approximate surface area is 103 Å². The summed E-state index contributed by atoms with van der Waals surface area (Å²) in [6.45, 7) is 0. The maximum atomic E-state index is 10.1. The Morgan fingerprint density at radius 2 is 2.00 bits per heavy atom. The molecule has 0 bridgehead atoms. The number of aromatic nitrogens is 2. The van der Waals surface area contributed by atoms with E-state index in [9.17, 15) is 10.2 Å². The third-order valence-electron chi connectivity index (χ3n) is 2.67. The zero-order valence-electron chi connectivity index (χ0n) is 9.48. The first-order valence-electron chi connectivity index (χ1n) is 5.37. The molecule has 0 radical (unpaired) electrons. The van der Waals surface area contributed by atoms with Crippen LogP contribution in [0.2, 0.25) is 0 Å². The van der Waals surface area contributed by atoms with E-state index in [-0.39, 0.29) is 6.42 Å². The zero-order chi connectivity index (χ0) is 13.1. The topological polar surface area (TPSA) is 116 Å². The summed E-state index contributed by atoms with van der Waals surface area (Å²) in [6.07, 6.45) is 0.363. The molecule has 1 aromatic carbocycles. The van der Waals surface area contributed by atoms with Gasteiger partial charge in [-0.25, -0.2) is 0 Å². The predicted octanol–water partition coefficient (Wildman–Crippen LogP) is 0.520. The van der Waals surface area contributed by atoms with Gasteiger partial charge in [-0.3, -0.25) is 9.97 Å². The highest BCUT2D eigenvalue weighted by atomic mass is 16.3. The molecule has 1 aromatic heterocycles. The van der Waals surface area contributed by atoms with Crippen molar-refractivity contribution in [2.24, 2.45) is 0 Å². The van der Waals surface area contributed by atoms with Crippen LogP contribution in [0.15, 0.2) is 24.5 Å². The number of hydrogen-bond acceptors (Lipinski definition) is 6. The average molecular weight is 244 g/mol. The number of rotatable bonds is 3. The molecule has 0 amide bonds. The molecule has 2 atom stereocenters. The van der Waals surface area contributed by atoms with Crippen LogP contribution in [0.1, 0.15) is 18.1 Å². The molecule has 18 heavy (non-hydrogen) atoms. The van der Waals surface area contributed by atoms with Gasteiger partial charge in [0.1, 0.15) is 6.10 Å². The standard InChI is InChI=1S/C12H12N4O2/c13-4-3-9(17)12(18)10-7(14)1-2-8-11(10)16-6-5-15-8/h1-2,5-6,9,12,17-18H,3,14H2. The largest absolute Gasteiger partial charge is 0.398 e. The molecule has 0 aliphatic carbocycles. The number of anilines is 1. The molecular weight excluding hydrogens is 232 g/mol. The van der Waals surface area contributed by atoms with E-state index < -0.39 is 12.2 Å². The van der Waals surface area contributed by atoms with E-state index in [0.29, 0.717) is 22.3 Å². The van der Waals surface area contributed by atoms with Crippen molar-refractivity contribution in [1.29, 1.82) is 5.26 Å². The summed E-state index contributed by atoms with van der Waals surface area (Å²) in [6, 6.07) is 5.08. The molecule has 0 aliphatic rings. The van der Waals surface area contributed by atoms with E-state index in [4.69, 9.17) is 11.0 Å². The Morgan fingerprint density at radius 1 is 1.28 bits per heavy atom. The fraction of sp³-hybridized carbons (Fsp3) is 0.250. The first-order valence-corrected chi connectivity index (χ1v) is 5.37. The molecule has 6 heteroatoms. The van der Waals surface area contributed by atoms with Gasteiger partial charge in [0, 0.05) is 23.6 Å². The lowest BCUT2D eigenvalue weighted by Crippen LogP contribution is -2.19. The smallest absolute Gasteiger partial charge is 0.110 e. The number of nitrogens with two attached hydrogens (primary N) is 1. The van der Waals surface area contributed by atoms with Gasteiger partial charge in [0.2, 0.25) is 0 Å². The van der Waals surface area contributed by atoms with Crippen molar-refractivity contribution in [3.63, 3.8) is 0 Å². The molecule has 6 nitrogen and oxygen atoms in total. The maximum Gasteiger partial charge on any atom is 0.110 e. The predicted molar refractivity (Wildman–Crippen MR) is 65.1 cm³/mol. The van der Waals surface area contributed by atoms with Crippen LogP contribution in [0, 0.1) is 11.3 Å². The molecule has 0 aliphatic heterocycles. The molecule has 4 N–H and O–H groups in total. The normalized spacial score (nSPS) is 14.1. The molecule has 0 spiro atoms. The molecule has 1 heterocycles. The highest BCUT2D eigenvalue weighted by Gasteiger charge is 2.23. The van der Waals surface area contributed by atoms with Crippen LogP contribution in [0.5, 0.6) is 0 Å². The van der Waals surface area contributed by atoms with Gasteiger partial charge in [-0.05, 0) is 12.1 Å².